The highest BCUT2D eigenvalue weighted by atomic mass is 16.3. The zero-order chi connectivity index (χ0) is 37.1. The smallest absolute Gasteiger partial charge is 0.176 e. The minimum Gasteiger partial charge on any atom is -0.455 e. The molecule has 2 heterocycles. The number of hydrogen-bond acceptors (Lipinski definition) is 4. The number of benzene rings is 7. The molecule has 0 radical (unpaired) electrons. The Morgan fingerprint density at radius 1 is 0.604 bits per heavy atom. The molecule has 0 saturated carbocycles. The summed E-state index contributed by atoms with van der Waals surface area (Å²) in [6.07, 6.45) is 6.60. The van der Waals surface area contributed by atoms with Crippen LogP contribution in [0.25, 0.3) is 71.2 Å². The first-order valence-corrected chi connectivity index (χ1v) is 18.4. The Kier molecular flexibility index (Phi) is 9.96. The Hall–Kier alpha value is -6.39. The molecule has 0 unspecified atom stereocenters. The van der Waals surface area contributed by atoms with E-state index in [0.29, 0.717) is 28.7 Å². The molecule has 4 heteroatoms. The molecule has 4 nitrogen and oxygen atoms in total. The van der Waals surface area contributed by atoms with Gasteiger partial charge in [-0.2, -0.15) is 0 Å². The molecule has 0 spiro atoms. The van der Waals surface area contributed by atoms with Crippen LogP contribution in [-0.4, -0.2) is 5.71 Å². The van der Waals surface area contributed by atoms with Gasteiger partial charge in [-0.25, -0.2) is 0 Å². The molecule has 7 aromatic carbocycles. The minimum absolute atomic E-state index is 0.310. The van der Waals surface area contributed by atoms with E-state index in [1.807, 2.05) is 68.4 Å². The van der Waals surface area contributed by atoms with E-state index >= 15 is 0 Å². The zero-order valence-electron chi connectivity index (χ0n) is 30.9. The average Bonchev–Trinajstić information content (AvgIpc) is 3.77. The van der Waals surface area contributed by atoms with Crippen molar-refractivity contribution in [3.63, 3.8) is 0 Å². The molecule has 0 saturated heterocycles. The zero-order valence-corrected chi connectivity index (χ0v) is 30.9. The van der Waals surface area contributed by atoms with Gasteiger partial charge in [0.25, 0.3) is 0 Å². The average molecular weight is 693 g/mol. The molecule has 0 fully saturated rings. The van der Waals surface area contributed by atoms with E-state index in [0.717, 1.165) is 27.7 Å². The van der Waals surface area contributed by atoms with Crippen LogP contribution in [0, 0.1) is 11.3 Å². The monoisotopic (exact) mass is 692 g/mol. The summed E-state index contributed by atoms with van der Waals surface area (Å²) >= 11 is 0. The number of para-hydroxylation sites is 1. The molecule has 0 aliphatic carbocycles. The molecule has 0 aliphatic heterocycles. The number of fused-ring (bicyclic) bond motifs is 4. The maximum absolute atomic E-state index is 8.17. The maximum atomic E-state index is 8.17. The topological polar surface area (TPSA) is 76.2 Å². The highest BCUT2D eigenvalue weighted by Gasteiger charge is 2.20. The first kappa shape index (κ1) is 35.0. The summed E-state index contributed by atoms with van der Waals surface area (Å²) in [5.74, 6) is 0.934. The Bertz CT molecular complexity index is 2740. The highest BCUT2D eigenvalue weighted by molar-refractivity contribution is 6.34. The van der Waals surface area contributed by atoms with Gasteiger partial charge in [-0.15, -0.1) is 0 Å². The van der Waals surface area contributed by atoms with Crippen molar-refractivity contribution in [2.24, 2.45) is 5.92 Å². The molecule has 53 heavy (non-hydrogen) atoms. The summed E-state index contributed by atoms with van der Waals surface area (Å²) in [4.78, 5) is 0. The lowest BCUT2D eigenvalue weighted by Crippen LogP contribution is -2.02. The van der Waals surface area contributed by atoms with E-state index in [1.165, 1.54) is 49.0 Å². The van der Waals surface area contributed by atoms with Gasteiger partial charge in [-0.3, -0.25) is 5.41 Å². The molecular formula is C49H44N2O2. The second kappa shape index (κ2) is 15.1. The number of anilines is 1. The van der Waals surface area contributed by atoms with Gasteiger partial charge in [0.15, 0.2) is 5.76 Å². The van der Waals surface area contributed by atoms with Crippen molar-refractivity contribution in [1.29, 1.82) is 5.41 Å². The van der Waals surface area contributed by atoms with Gasteiger partial charge >= 0.3 is 0 Å². The van der Waals surface area contributed by atoms with Gasteiger partial charge < -0.3 is 14.6 Å². The third-order valence-electron chi connectivity index (χ3n) is 9.47. The fraction of sp³-hybridized carbons (Fsp3) is 0.122. The molecule has 9 rings (SSSR count). The van der Waals surface area contributed by atoms with Crippen molar-refractivity contribution < 1.29 is 8.83 Å². The third-order valence-corrected chi connectivity index (χ3v) is 9.47. The van der Waals surface area contributed by atoms with Gasteiger partial charge in [0.05, 0.1) is 5.69 Å². The van der Waals surface area contributed by atoms with Crippen LogP contribution in [0.5, 0.6) is 0 Å². The van der Waals surface area contributed by atoms with E-state index in [1.54, 1.807) is 0 Å². The van der Waals surface area contributed by atoms with Crippen molar-refractivity contribution in [3.05, 3.63) is 169 Å². The molecule has 3 N–H and O–H groups in total. The Balaban J connectivity index is 0.000000184. The van der Waals surface area contributed by atoms with Crippen LogP contribution in [0.15, 0.2) is 161 Å². The number of rotatable bonds is 6. The Morgan fingerprint density at radius 2 is 1.21 bits per heavy atom. The van der Waals surface area contributed by atoms with Gasteiger partial charge in [0.1, 0.15) is 22.5 Å². The van der Waals surface area contributed by atoms with Gasteiger partial charge in [0.2, 0.25) is 0 Å². The van der Waals surface area contributed by atoms with Crippen molar-refractivity contribution >= 4 is 71.4 Å². The van der Waals surface area contributed by atoms with Crippen LogP contribution < -0.4 is 5.73 Å². The first-order valence-electron chi connectivity index (χ1n) is 18.4. The van der Waals surface area contributed by atoms with Crippen molar-refractivity contribution in [2.75, 3.05) is 5.73 Å². The second-order valence-corrected chi connectivity index (χ2v) is 13.2. The number of furan rings is 2. The molecule has 0 aliphatic rings. The van der Waals surface area contributed by atoms with E-state index in [9.17, 15) is 0 Å². The molecule has 0 atom stereocenters. The van der Waals surface area contributed by atoms with Crippen LogP contribution in [0.3, 0.4) is 0 Å². The normalized spacial score (nSPS) is 11.8. The highest BCUT2D eigenvalue weighted by Crippen LogP contribution is 2.45. The van der Waals surface area contributed by atoms with Crippen LogP contribution in [0.4, 0.5) is 5.69 Å². The van der Waals surface area contributed by atoms with Crippen LogP contribution in [0.1, 0.15) is 51.5 Å². The van der Waals surface area contributed by atoms with Crippen molar-refractivity contribution in [3.8, 4) is 11.1 Å². The SMILES string of the molecule is C/C=C\C(=C/C(C)C)c1ccc(-c2ccc3c4ccccc4c4cccc5oc2c3c54)cc1.CC.N=C(c1ccccc1)c1oc2ccccc2c1N. The van der Waals surface area contributed by atoms with E-state index in [2.05, 4.69) is 118 Å². The number of nitrogens with two attached hydrogens (primary N) is 1. The third kappa shape index (κ3) is 6.49. The minimum atomic E-state index is 0.310. The predicted octanol–water partition coefficient (Wildman–Crippen LogP) is 14.1. The largest absolute Gasteiger partial charge is 0.455 e. The summed E-state index contributed by atoms with van der Waals surface area (Å²) < 4.78 is 12.2. The van der Waals surface area contributed by atoms with Crippen LogP contribution in [-0.2, 0) is 0 Å². The fourth-order valence-corrected chi connectivity index (χ4v) is 7.17. The van der Waals surface area contributed by atoms with Crippen molar-refractivity contribution in [1.82, 2.24) is 0 Å². The number of hydrogen-bond donors (Lipinski definition) is 2. The van der Waals surface area contributed by atoms with E-state index < -0.39 is 0 Å². The standard InChI is InChI=1S/C32H26O.C15H12N2O.C2H6/c1-4-8-23(19-20(2)3)21-13-15-22(16-14-21)24-17-18-28-26-10-6-5-9-25(26)27-11-7-12-29-30(27)31(28)32(24)33-29;16-13(10-6-2-1-3-7-10)15-14(17)11-8-4-5-9-12(11)18-15;1-2/h4-20H,1-3H3;1-9,16H,17H2;1-2H3/b8-4-,23-19+;;. The molecule has 9 aromatic rings. The van der Waals surface area contributed by atoms with E-state index in [4.69, 9.17) is 20.0 Å². The van der Waals surface area contributed by atoms with Crippen LogP contribution >= 0.6 is 0 Å². The lowest BCUT2D eigenvalue weighted by atomic mass is 9.91. The number of nitrogens with one attached hydrogen (secondary N) is 1. The van der Waals surface area contributed by atoms with E-state index in [-0.39, 0.29) is 0 Å². The number of allylic oxidation sites excluding steroid dienone is 4. The lowest BCUT2D eigenvalue weighted by molar-refractivity contribution is 0.606. The lowest BCUT2D eigenvalue weighted by Gasteiger charge is -2.10. The molecule has 2 aromatic heterocycles. The Labute approximate surface area is 310 Å². The number of nitrogen functional groups attached to an aromatic ring is 1. The van der Waals surface area contributed by atoms with Gasteiger partial charge in [-0.05, 0) is 75.4 Å². The van der Waals surface area contributed by atoms with Gasteiger partial charge in [0, 0.05) is 27.3 Å². The molecule has 262 valence electrons. The summed E-state index contributed by atoms with van der Waals surface area (Å²) in [7, 11) is 0. The Morgan fingerprint density at radius 3 is 1.87 bits per heavy atom. The second-order valence-electron chi connectivity index (χ2n) is 13.2. The van der Waals surface area contributed by atoms with Crippen LogP contribution in [0.2, 0.25) is 0 Å². The maximum Gasteiger partial charge on any atom is 0.176 e. The fourth-order valence-electron chi connectivity index (χ4n) is 7.17. The van der Waals surface area contributed by atoms with Crippen molar-refractivity contribution in [2.45, 2.75) is 34.6 Å². The molecule has 0 bridgehead atoms. The predicted molar refractivity (Wildman–Crippen MR) is 227 cm³/mol. The quantitative estimate of drug-likeness (QED) is 0.103. The summed E-state index contributed by atoms with van der Waals surface area (Å²) in [5, 5.41) is 16.6. The summed E-state index contributed by atoms with van der Waals surface area (Å²) in [6, 6.07) is 45.4. The summed E-state index contributed by atoms with van der Waals surface area (Å²) in [6.45, 7) is 10.5. The van der Waals surface area contributed by atoms with Gasteiger partial charge in [-0.1, -0.05) is 155 Å². The summed E-state index contributed by atoms with van der Waals surface area (Å²) in [5.41, 5.74) is 15.1. The first-order chi connectivity index (χ1) is 25.9. The molecule has 0 amide bonds. The molecular weight excluding hydrogens is 649 g/mol.